The number of hydrogen-bond donors (Lipinski definition) is 2. The molecule has 6 nitrogen and oxygen atoms in total. The molecule has 0 amide bonds. The number of carbonyl (C=O) groups excluding carboxylic acids is 1. The summed E-state index contributed by atoms with van der Waals surface area (Å²) in [5.74, 6) is 0.231. The van der Waals surface area contributed by atoms with Crippen LogP contribution in [0.4, 0.5) is 11.4 Å². The highest BCUT2D eigenvalue weighted by Gasteiger charge is 2.42. The highest BCUT2D eigenvalue weighted by molar-refractivity contribution is 9.13. The molecule has 188 valence electrons. The van der Waals surface area contributed by atoms with Crippen LogP contribution < -0.4 is 10.0 Å². The van der Waals surface area contributed by atoms with Crippen molar-refractivity contribution in [3.63, 3.8) is 0 Å². The third-order valence-corrected chi connectivity index (χ3v) is 10.0. The Morgan fingerprint density at radius 1 is 1.03 bits per heavy atom. The lowest BCUT2D eigenvalue weighted by Gasteiger charge is -2.36. The molecule has 0 aliphatic carbocycles. The summed E-state index contributed by atoms with van der Waals surface area (Å²) >= 11 is 6.81. The van der Waals surface area contributed by atoms with Crippen LogP contribution in [0.2, 0.25) is 0 Å². The molecule has 0 spiro atoms. The summed E-state index contributed by atoms with van der Waals surface area (Å²) in [7, 11) is -3.79. The van der Waals surface area contributed by atoms with Gasteiger partial charge >= 0.3 is 0 Å². The SMILES string of the molecule is CC(C)C(=O)c1ccc(C2Nc3ccc(S(=O)(=O)Nc4ccc(Br)c(Br)c4)cc3[C@H]3OCC[C@@H]23)cc1. The van der Waals surface area contributed by atoms with Crippen LogP contribution in [0.1, 0.15) is 53.9 Å². The molecule has 2 N–H and O–H groups in total. The molecule has 0 bridgehead atoms. The monoisotopic (exact) mass is 632 g/mol. The summed E-state index contributed by atoms with van der Waals surface area (Å²) < 4.78 is 36.7. The fraction of sp³-hybridized carbons (Fsp3) is 0.296. The van der Waals surface area contributed by atoms with Crippen molar-refractivity contribution >= 4 is 59.0 Å². The van der Waals surface area contributed by atoms with Crippen molar-refractivity contribution in [2.45, 2.75) is 37.3 Å². The second-order valence-electron chi connectivity index (χ2n) is 9.49. The number of sulfonamides is 1. The van der Waals surface area contributed by atoms with Crippen LogP contribution in [0.3, 0.4) is 0 Å². The zero-order chi connectivity index (χ0) is 25.6. The largest absolute Gasteiger partial charge is 0.378 e. The van der Waals surface area contributed by atoms with E-state index >= 15 is 0 Å². The fourth-order valence-electron chi connectivity index (χ4n) is 4.91. The summed E-state index contributed by atoms with van der Waals surface area (Å²) in [6, 6.07) is 18.1. The van der Waals surface area contributed by atoms with E-state index in [0.717, 1.165) is 32.2 Å². The van der Waals surface area contributed by atoms with Crippen LogP contribution in [-0.2, 0) is 14.8 Å². The number of rotatable bonds is 6. The van der Waals surface area contributed by atoms with E-state index in [1.807, 2.05) is 44.2 Å². The molecule has 1 unspecified atom stereocenters. The molecule has 2 aliphatic rings. The number of Topliss-reactive ketones (excluding diaryl/α,β-unsaturated/α-hetero) is 1. The van der Waals surface area contributed by atoms with Gasteiger partial charge in [0.25, 0.3) is 10.0 Å². The van der Waals surface area contributed by atoms with Gasteiger partial charge in [-0.25, -0.2) is 8.42 Å². The smallest absolute Gasteiger partial charge is 0.261 e. The van der Waals surface area contributed by atoms with Gasteiger partial charge in [-0.1, -0.05) is 38.1 Å². The van der Waals surface area contributed by atoms with E-state index in [0.29, 0.717) is 17.9 Å². The van der Waals surface area contributed by atoms with Gasteiger partial charge in [0.1, 0.15) is 0 Å². The van der Waals surface area contributed by atoms with Gasteiger partial charge in [0, 0.05) is 44.2 Å². The highest BCUT2D eigenvalue weighted by atomic mass is 79.9. The second-order valence-corrected chi connectivity index (χ2v) is 12.9. The van der Waals surface area contributed by atoms with E-state index in [-0.39, 0.29) is 34.7 Å². The number of benzene rings is 3. The van der Waals surface area contributed by atoms with Crippen molar-refractivity contribution in [3.8, 4) is 0 Å². The minimum absolute atomic E-state index is 0.00824. The molecule has 36 heavy (non-hydrogen) atoms. The Kier molecular flexibility index (Phi) is 7.02. The first-order valence-corrected chi connectivity index (χ1v) is 14.8. The lowest BCUT2D eigenvalue weighted by atomic mass is 9.81. The molecule has 3 aromatic carbocycles. The summed E-state index contributed by atoms with van der Waals surface area (Å²) in [5, 5.41) is 3.61. The Morgan fingerprint density at radius 2 is 1.78 bits per heavy atom. The Labute approximate surface area is 228 Å². The molecule has 0 aromatic heterocycles. The number of hydrogen-bond acceptors (Lipinski definition) is 5. The summed E-state index contributed by atoms with van der Waals surface area (Å²) in [6.07, 6.45) is 0.650. The number of nitrogens with one attached hydrogen (secondary N) is 2. The van der Waals surface area contributed by atoms with Gasteiger partial charge in [-0.2, -0.15) is 0 Å². The lowest BCUT2D eigenvalue weighted by Crippen LogP contribution is -2.29. The van der Waals surface area contributed by atoms with Crippen LogP contribution in [0.15, 0.2) is 74.5 Å². The minimum atomic E-state index is -3.79. The van der Waals surface area contributed by atoms with Crippen LogP contribution in [0, 0.1) is 11.8 Å². The quantitative estimate of drug-likeness (QED) is 0.283. The van der Waals surface area contributed by atoms with Crippen LogP contribution in [0.5, 0.6) is 0 Å². The van der Waals surface area contributed by atoms with Gasteiger partial charge in [0.2, 0.25) is 0 Å². The van der Waals surface area contributed by atoms with E-state index in [1.54, 1.807) is 30.3 Å². The Hall–Kier alpha value is -2.20. The number of ketones is 1. The first-order chi connectivity index (χ1) is 17.1. The predicted molar refractivity (Wildman–Crippen MR) is 148 cm³/mol. The van der Waals surface area contributed by atoms with E-state index in [4.69, 9.17) is 4.74 Å². The molecule has 0 radical (unpaired) electrons. The number of halogens is 2. The molecule has 5 rings (SSSR count). The van der Waals surface area contributed by atoms with E-state index in [9.17, 15) is 13.2 Å². The second kappa shape index (κ2) is 9.93. The number of fused-ring (bicyclic) bond motifs is 3. The average molecular weight is 634 g/mol. The average Bonchev–Trinajstić information content (AvgIpc) is 3.35. The lowest BCUT2D eigenvalue weighted by molar-refractivity contribution is 0.0827. The Balaban J connectivity index is 1.43. The molecular weight excluding hydrogens is 608 g/mol. The van der Waals surface area contributed by atoms with E-state index in [2.05, 4.69) is 41.9 Å². The molecular formula is C27H26Br2N2O4S. The minimum Gasteiger partial charge on any atom is -0.378 e. The van der Waals surface area contributed by atoms with Gasteiger partial charge in [-0.3, -0.25) is 9.52 Å². The van der Waals surface area contributed by atoms with Crippen molar-refractivity contribution in [1.29, 1.82) is 0 Å². The maximum atomic E-state index is 13.2. The molecule has 2 aliphatic heterocycles. The van der Waals surface area contributed by atoms with Crippen molar-refractivity contribution in [2.75, 3.05) is 16.6 Å². The predicted octanol–water partition coefficient (Wildman–Crippen LogP) is 7.10. The fourth-order valence-corrected chi connectivity index (χ4v) is 6.62. The molecule has 0 saturated carbocycles. The van der Waals surface area contributed by atoms with Crippen molar-refractivity contribution < 1.29 is 17.9 Å². The van der Waals surface area contributed by atoms with Crippen LogP contribution in [0.25, 0.3) is 0 Å². The van der Waals surface area contributed by atoms with Gasteiger partial charge in [0.15, 0.2) is 5.78 Å². The molecule has 1 saturated heterocycles. The van der Waals surface area contributed by atoms with Crippen molar-refractivity contribution in [3.05, 3.63) is 86.3 Å². The summed E-state index contributed by atoms with van der Waals surface area (Å²) in [4.78, 5) is 12.5. The zero-order valence-electron chi connectivity index (χ0n) is 19.8. The van der Waals surface area contributed by atoms with Gasteiger partial charge in [-0.05, 0) is 80.2 Å². The van der Waals surface area contributed by atoms with Crippen LogP contribution in [-0.4, -0.2) is 20.8 Å². The van der Waals surface area contributed by atoms with Gasteiger partial charge in [0.05, 0.1) is 22.7 Å². The van der Waals surface area contributed by atoms with E-state index in [1.165, 1.54) is 0 Å². The summed E-state index contributed by atoms with van der Waals surface area (Å²) in [6.45, 7) is 4.41. The first-order valence-electron chi connectivity index (χ1n) is 11.8. The maximum absolute atomic E-state index is 13.2. The normalized spacial score (nSPS) is 21.0. The molecule has 1 fully saturated rings. The van der Waals surface area contributed by atoms with Crippen LogP contribution >= 0.6 is 31.9 Å². The molecule has 2 heterocycles. The third-order valence-electron chi connectivity index (χ3n) is 6.77. The third kappa shape index (κ3) is 4.86. The van der Waals surface area contributed by atoms with Gasteiger partial charge in [-0.15, -0.1) is 0 Å². The summed E-state index contributed by atoms with van der Waals surface area (Å²) in [5.41, 5.74) is 3.97. The highest BCUT2D eigenvalue weighted by Crippen LogP contribution is 2.50. The van der Waals surface area contributed by atoms with Gasteiger partial charge < -0.3 is 10.1 Å². The Bertz CT molecular complexity index is 1420. The molecule has 3 atom stereocenters. The molecule has 9 heteroatoms. The maximum Gasteiger partial charge on any atom is 0.261 e. The van der Waals surface area contributed by atoms with Crippen molar-refractivity contribution in [2.24, 2.45) is 11.8 Å². The zero-order valence-corrected chi connectivity index (χ0v) is 23.8. The van der Waals surface area contributed by atoms with E-state index < -0.39 is 10.0 Å². The standard InChI is InChI=1S/C27H26Br2N2O4S/c1-15(2)26(32)17-5-3-16(4-6-17)25-20-11-12-35-27(20)21-14-19(8-10-24(21)30-25)36(33,34)31-18-7-9-22(28)23(29)13-18/h3-10,13-15,20,25,27,30-31H,11-12H2,1-2H3/t20-,25?,27-/m0/s1. The first kappa shape index (κ1) is 25.4. The number of carbonyl (C=O) groups is 1. The Morgan fingerprint density at radius 3 is 2.47 bits per heavy atom. The number of ether oxygens (including phenoxy) is 1. The topological polar surface area (TPSA) is 84.5 Å². The molecule has 3 aromatic rings. The number of anilines is 2. The van der Waals surface area contributed by atoms with Crippen molar-refractivity contribution in [1.82, 2.24) is 0 Å².